The number of amides is 5. The molecule has 0 aliphatic rings. The van der Waals surface area contributed by atoms with Crippen molar-refractivity contribution in [2.45, 2.75) is 51.4 Å². The molecule has 1 aromatic rings. The largest absolute Gasteiger partial charge is 0.508 e. The van der Waals surface area contributed by atoms with Crippen molar-refractivity contribution in [2.24, 2.45) is 5.73 Å². The third-order valence-corrected chi connectivity index (χ3v) is 4.78. The second-order valence-electron chi connectivity index (χ2n) is 7.23. The Labute approximate surface area is 191 Å². The fraction of sp³-hybridized carbons (Fsp3) is 0.450. The maximum absolute atomic E-state index is 12.6. The van der Waals surface area contributed by atoms with E-state index in [2.05, 4.69) is 33.9 Å². The molecule has 1 rings (SSSR count). The summed E-state index contributed by atoms with van der Waals surface area (Å²) in [6, 6.07) is 2.15. The van der Waals surface area contributed by atoms with Crippen molar-refractivity contribution in [3.8, 4) is 5.75 Å². The lowest BCUT2D eigenvalue weighted by atomic mass is 10.0. The van der Waals surface area contributed by atoms with E-state index in [1.807, 2.05) is 0 Å². The second-order valence-corrected chi connectivity index (χ2v) is 7.60. The van der Waals surface area contributed by atoms with Gasteiger partial charge in [-0.2, -0.15) is 12.6 Å². The minimum atomic E-state index is -1.02. The predicted molar refractivity (Wildman–Crippen MR) is 120 cm³/mol. The van der Waals surface area contributed by atoms with E-state index in [0.29, 0.717) is 5.56 Å². The van der Waals surface area contributed by atoms with Crippen LogP contribution in [0.5, 0.6) is 5.75 Å². The fourth-order valence-corrected chi connectivity index (χ4v) is 2.88. The monoisotopic (exact) mass is 467 g/mol. The molecule has 0 spiro atoms. The SMILES string of the molecule is CC(=O)N[C@@H](Cc1ccc(O)cc1)C(=O)N[C@@H](C)C(=O)N[C@@H](C)C(=O)N[C@@H](CS)C(N)=O. The van der Waals surface area contributed by atoms with E-state index < -0.39 is 53.7 Å². The smallest absolute Gasteiger partial charge is 0.243 e. The Kier molecular flexibility index (Phi) is 10.5. The fourth-order valence-electron chi connectivity index (χ4n) is 2.61. The van der Waals surface area contributed by atoms with Gasteiger partial charge in [0.1, 0.15) is 29.9 Å². The summed E-state index contributed by atoms with van der Waals surface area (Å²) in [4.78, 5) is 59.9. The van der Waals surface area contributed by atoms with Gasteiger partial charge in [-0.05, 0) is 31.5 Å². The van der Waals surface area contributed by atoms with E-state index in [-0.39, 0.29) is 17.9 Å². The van der Waals surface area contributed by atoms with Crippen LogP contribution in [0.25, 0.3) is 0 Å². The molecule has 0 aliphatic carbocycles. The van der Waals surface area contributed by atoms with Gasteiger partial charge < -0.3 is 32.1 Å². The normalized spacial score (nSPS) is 14.2. The highest BCUT2D eigenvalue weighted by Crippen LogP contribution is 2.11. The number of hydrogen-bond donors (Lipinski definition) is 7. The third-order valence-electron chi connectivity index (χ3n) is 4.42. The van der Waals surface area contributed by atoms with Crippen molar-refractivity contribution < 1.29 is 29.1 Å². The average molecular weight is 468 g/mol. The lowest BCUT2D eigenvalue weighted by Gasteiger charge is -2.22. The van der Waals surface area contributed by atoms with Gasteiger partial charge in [0, 0.05) is 19.1 Å². The Morgan fingerprint density at radius 1 is 0.875 bits per heavy atom. The molecule has 0 bridgehead atoms. The number of nitrogens with two attached hydrogens (primary N) is 1. The van der Waals surface area contributed by atoms with Crippen LogP contribution in [0.4, 0.5) is 0 Å². The van der Waals surface area contributed by atoms with E-state index in [9.17, 15) is 29.1 Å². The number of primary amides is 1. The molecule has 7 N–H and O–H groups in total. The molecule has 0 aromatic heterocycles. The number of hydrogen-bond acceptors (Lipinski definition) is 7. The summed E-state index contributed by atoms with van der Waals surface area (Å²) in [5, 5.41) is 19.2. The molecule has 0 saturated carbocycles. The standard InChI is InChI=1S/C20H29N5O6S/c1-10(18(29)22-11(2)19(30)25-16(9-32)17(21)28)23-20(31)15(24-12(3)26)8-13-4-6-14(27)7-5-13/h4-7,10-11,15-16,27,32H,8-9H2,1-3H3,(H2,21,28)(H,22,29)(H,23,31)(H,24,26)(H,25,30)/t10-,11-,15-,16-/m0/s1. The summed E-state index contributed by atoms with van der Waals surface area (Å²) >= 11 is 3.93. The molecule has 0 aliphatic heterocycles. The summed E-state index contributed by atoms with van der Waals surface area (Å²) in [6.45, 7) is 4.09. The molecule has 176 valence electrons. The summed E-state index contributed by atoms with van der Waals surface area (Å²) in [5.41, 5.74) is 5.83. The molecular formula is C20H29N5O6S. The topological polar surface area (TPSA) is 180 Å². The zero-order valence-corrected chi connectivity index (χ0v) is 18.9. The maximum atomic E-state index is 12.6. The number of nitrogens with one attached hydrogen (secondary N) is 4. The van der Waals surface area contributed by atoms with E-state index in [4.69, 9.17) is 5.73 Å². The first kappa shape index (κ1) is 26.8. The van der Waals surface area contributed by atoms with Gasteiger partial charge in [0.2, 0.25) is 29.5 Å². The molecule has 0 fully saturated rings. The molecular weight excluding hydrogens is 438 g/mol. The molecule has 5 amide bonds. The van der Waals surface area contributed by atoms with Crippen LogP contribution in [0.2, 0.25) is 0 Å². The van der Waals surface area contributed by atoms with Crippen molar-refractivity contribution in [2.75, 3.05) is 5.75 Å². The number of carbonyl (C=O) groups is 5. The molecule has 0 saturated heterocycles. The van der Waals surface area contributed by atoms with Crippen molar-refractivity contribution in [1.29, 1.82) is 0 Å². The van der Waals surface area contributed by atoms with E-state index in [1.54, 1.807) is 12.1 Å². The zero-order valence-electron chi connectivity index (χ0n) is 18.0. The number of benzene rings is 1. The maximum Gasteiger partial charge on any atom is 0.243 e. The molecule has 1 aromatic carbocycles. The van der Waals surface area contributed by atoms with Gasteiger partial charge >= 0.3 is 0 Å². The van der Waals surface area contributed by atoms with E-state index >= 15 is 0 Å². The molecule has 12 heteroatoms. The van der Waals surface area contributed by atoms with Crippen LogP contribution < -0.4 is 27.0 Å². The molecule has 0 radical (unpaired) electrons. The van der Waals surface area contributed by atoms with Gasteiger partial charge in [0.15, 0.2) is 0 Å². The number of phenols is 1. The van der Waals surface area contributed by atoms with Gasteiger partial charge in [0.05, 0.1) is 0 Å². The summed E-state index contributed by atoms with van der Waals surface area (Å²) in [6.07, 6.45) is 0.136. The molecule has 32 heavy (non-hydrogen) atoms. The number of carbonyl (C=O) groups excluding carboxylic acids is 5. The lowest BCUT2D eigenvalue weighted by molar-refractivity contribution is -0.133. The second kappa shape index (κ2) is 12.5. The third kappa shape index (κ3) is 8.84. The highest BCUT2D eigenvalue weighted by molar-refractivity contribution is 7.80. The molecule has 0 heterocycles. The Morgan fingerprint density at radius 2 is 1.38 bits per heavy atom. The number of thiol groups is 1. The Balaban J connectivity index is 2.72. The van der Waals surface area contributed by atoms with Crippen LogP contribution >= 0.6 is 12.6 Å². The van der Waals surface area contributed by atoms with Crippen molar-refractivity contribution in [3.05, 3.63) is 29.8 Å². The Morgan fingerprint density at radius 3 is 1.84 bits per heavy atom. The van der Waals surface area contributed by atoms with Crippen molar-refractivity contribution in [3.63, 3.8) is 0 Å². The summed E-state index contributed by atoms with van der Waals surface area (Å²) in [5.74, 6) is -3.01. The number of rotatable bonds is 11. The quantitative estimate of drug-likeness (QED) is 0.192. The first-order chi connectivity index (χ1) is 14.9. The van der Waals surface area contributed by atoms with Gasteiger partial charge in [-0.25, -0.2) is 0 Å². The van der Waals surface area contributed by atoms with Gasteiger partial charge in [0.25, 0.3) is 0 Å². The van der Waals surface area contributed by atoms with Crippen LogP contribution in [0.3, 0.4) is 0 Å². The zero-order chi connectivity index (χ0) is 24.4. The highest BCUT2D eigenvalue weighted by Gasteiger charge is 2.26. The summed E-state index contributed by atoms with van der Waals surface area (Å²) < 4.78 is 0. The van der Waals surface area contributed by atoms with E-state index in [1.165, 1.54) is 32.9 Å². The van der Waals surface area contributed by atoms with E-state index in [0.717, 1.165) is 0 Å². The number of aromatic hydroxyl groups is 1. The first-order valence-electron chi connectivity index (χ1n) is 9.80. The van der Waals surface area contributed by atoms with Gasteiger partial charge in [-0.1, -0.05) is 12.1 Å². The minimum absolute atomic E-state index is 0.000230. The number of phenolic OH excluding ortho intramolecular Hbond substituents is 1. The minimum Gasteiger partial charge on any atom is -0.508 e. The van der Waals surface area contributed by atoms with Crippen LogP contribution in [0.1, 0.15) is 26.3 Å². The molecule has 11 nitrogen and oxygen atoms in total. The molecule has 4 atom stereocenters. The summed E-state index contributed by atoms with van der Waals surface area (Å²) in [7, 11) is 0. The van der Waals surface area contributed by atoms with Crippen LogP contribution in [0.15, 0.2) is 24.3 Å². The average Bonchev–Trinajstić information content (AvgIpc) is 2.71. The van der Waals surface area contributed by atoms with Gasteiger partial charge in [-0.3, -0.25) is 24.0 Å². The Bertz CT molecular complexity index is 847. The Hall–Kier alpha value is -3.28. The van der Waals surface area contributed by atoms with Crippen LogP contribution in [-0.4, -0.2) is 64.6 Å². The predicted octanol–water partition coefficient (Wildman–Crippen LogP) is -1.65. The van der Waals surface area contributed by atoms with Crippen LogP contribution in [-0.2, 0) is 30.4 Å². The molecule has 0 unspecified atom stereocenters. The van der Waals surface area contributed by atoms with Gasteiger partial charge in [-0.15, -0.1) is 0 Å². The van der Waals surface area contributed by atoms with Crippen LogP contribution in [0, 0.1) is 0 Å². The van der Waals surface area contributed by atoms with Crippen molar-refractivity contribution in [1.82, 2.24) is 21.3 Å². The lowest BCUT2D eigenvalue weighted by Crippen LogP contribution is -2.57. The first-order valence-corrected chi connectivity index (χ1v) is 10.4. The van der Waals surface area contributed by atoms with Crippen molar-refractivity contribution >= 4 is 42.2 Å². The highest BCUT2D eigenvalue weighted by atomic mass is 32.1.